The van der Waals surface area contributed by atoms with Gasteiger partial charge in [0.25, 0.3) is 0 Å². The van der Waals surface area contributed by atoms with Gasteiger partial charge in [-0.05, 0) is 24.7 Å². The third-order valence-electron chi connectivity index (χ3n) is 3.24. The zero-order chi connectivity index (χ0) is 10.8. The first-order valence-electron chi connectivity index (χ1n) is 5.40. The van der Waals surface area contributed by atoms with Gasteiger partial charge in [0.15, 0.2) is 9.84 Å². The van der Waals surface area contributed by atoms with E-state index in [0.29, 0.717) is 17.4 Å². The van der Waals surface area contributed by atoms with Crippen LogP contribution < -0.4 is 5.73 Å². The molecule has 3 atom stereocenters. The zero-order valence-electron chi connectivity index (χ0n) is 9.07. The molecule has 3 unspecified atom stereocenters. The highest BCUT2D eigenvalue weighted by molar-refractivity contribution is 7.91. The number of rotatable bonds is 4. The molecule has 2 N–H and O–H groups in total. The lowest BCUT2D eigenvalue weighted by Crippen LogP contribution is -2.32. The van der Waals surface area contributed by atoms with Gasteiger partial charge in [-0.15, -0.1) is 0 Å². The summed E-state index contributed by atoms with van der Waals surface area (Å²) in [6.07, 6.45) is 2.84. The van der Waals surface area contributed by atoms with Crippen molar-refractivity contribution in [1.29, 1.82) is 0 Å². The van der Waals surface area contributed by atoms with Gasteiger partial charge in [0, 0.05) is 6.04 Å². The Morgan fingerprint density at radius 1 is 1.50 bits per heavy atom. The molecule has 0 aliphatic carbocycles. The number of hydrogen-bond donors (Lipinski definition) is 1. The first-order valence-corrected chi connectivity index (χ1v) is 7.22. The monoisotopic (exact) mass is 219 g/mol. The van der Waals surface area contributed by atoms with E-state index in [4.69, 9.17) is 5.73 Å². The summed E-state index contributed by atoms with van der Waals surface area (Å²) in [5.74, 6) is 1.46. The number of hydrogen-bond acceptors (Lipinski definition) is 3. The fraction of sp³-hybridized carbons (Fsp3) is 1.00. The molecule has 3 nitrogen and oxygen atoms in total. The maximum Gasteiger partial charge on any atom is 0.150 e. The molecule has 0 bridgehead atoms. The van der Waals surface area contributed by atoms with Crippen LogP contribution in [0.2, 0.25) is 0 Å². The quantitative estimate of drug-likeness (QED) is 0.772. The van der Waals surface area contributed by atoms with E-state index >= 15 is 0 Å². The highest BCUT2D eigenvalue weighted by atomic mass is 32.2. The van der Waals surface area contributed by atoms with Gasteiger partial charge < -0.3 is 5.73 Å². The van der Waals surface area contributed by atoms with Gasteiger partial charge in [0.1, 0.15) is 0 Å². The molecule has 1 saturated heterocycles. The van der Waals surface area contributed by atoms with Crippen LogP contribution in [0.3, 0.4) is 0 Å². The largest absolute Gasteiger partial charge is 0.327 e. The Hall–Kier alpha value is -0.0900. The van der Waals surface area contributed by atoms with E-state index in [1.54, 1.807) is 0 Å². The van der Waals surface area contributed by atoms with Crippen LogP contribution in [-0.2, 0) is 9.84 Å². The van der Waals surface area contributed by atoms with Crippen LogP contribution in [0.1, 0.15) is 33.1 Å². The summed E-state index contributed by atoms with van der Waals surface area (Å²) < 4.78 is 22.5. The van der Waals surface area contributed by atoms with Crippen LogP contribution in [0.15, 0.2) is 0 Å². The third kappa shape index (κ3) is 3.24. The zero-order valence-corrected chi connectivity index (χ0v) is 9.89. The van der Waals surface area contributed by atoms with Crippen molar-refractivity contribution in [3.05, 3.63) is 0 Å². The standard InChI is InChI=1S/C10H21NO2S/c1-3-8(2)6-10(11)9-4-5-14(12,13)7-9/h8-10H,3-7,11H2,1-2H3. The van der Waals surface area contributed by atoms with Crippen LogP contribution >= 0.6 is 0 Å². The molecule has 1 aliphatic heterocycles. The predicted octanol–water partition coefficient (Wildman–Crippen LogP) is 1.18. The Balaban J connectivity index is 2.43. The Morgan fingerprint density at radius 2 is 2.14 bits per heavy atom. The number of nitrogens with two attached hydrogens (primary N) is 1. The van der Waals surface area contributed by atoms with E-state index in [0.717, 1.165) is 19.3 Å². The molecular formula is C10H21NO2S. The van der Waals surface area contributed by atoms with Crippen molar-refractivity contribution in [2.24, 2.45) is 17.6 Å². The van der Waals surface area contributed by atoms with Crippen molar-refractivity contribution in [2.45, 2.75) is 39.2 Å². The molecule has 14 heavy (non-hydrogen) atoms. The van der Waals surface area contributed by atoms with Crippen LogP contribution in [0, 0.1) is 11.8 Å². The third-order valence-corrected chi connectivity index (χ3v) is 5.04. The molecule has 0 amide bonds. The van der Waals surface area contributed by atoms with Crippen LogP contribution in [0.25, 0.3) is 0 Å². The van der Waals surface area contributed by atoms with Gasteiger partial charge in [-0.1, -0.05) is 20.3 Å². The SMILES string of the molecule is CCC(C)CC(N)C1CCS(=O)(=O)C1. The highest BCUT2D eigenvalue weighted by Gasteiger charge is 2.32. The van der Waals surface area contributed by atoms with E-state index < -0.39 is 9.84 Å². The first-order chi connectivity index (χ1) is 6.44. The summed E-state index contributed by atoms with van der Waals surface area (Å²) in [5, 5.41) is 0. The smallest absolute Gasteiger partial charge is 0.150 e. The van der Waals surface area contributed by atoms with Crippen molar-refractivity contribution in [1.82, 2.24) is 0 Å². The van der Waals surface area contributed by atoms with Crippen LogP contribution in [0.5, 0.6) is 0 Å². The van der Waals surface area contributed by atoms with E-state index in [1.807, 2.05) is 0 Å². The van der Waals surface area contributed by atoms with Crippen molar-refractivity contribution in [3.63, 3.8) is 0 Å². The van der Waals surface area contributed by atoms with Crippen molar-refractivity contribution < 1.29 is 8.42 Å². The molecule has 0 aromatic heterocycles. The summed E-state index contributed by atoms with van der Waals surface area (Å²) in [6.45, 7) is 4.31. The predicted molar refractivity (Wildman–Crippen MR) is 58.8 cm³/mol. The minimum absolute atomic E-state index is 0.0715. The van der Waals surface area contributed by atoms with Crippen LogP contribution in [0.4, 0.5) is 0 Å². The molecule has 1 fully saturated rings. The fourth-order valence-electron chi connectivity index (χ4n) is 1.99. The van der Waals surface area contributed by atoms with E-state index in [9.17, 15) is 8.42 Å². The normalized spacial score (nSPS) is 30.1. The average molecular weight is 219 g/mol. The van der Waals surface area contributed by atoms with Gasteiger partial charge >= 0.3 is 0 Å². The molecule has 0 aromatic carbocycles. The van der Waals surface area contributed by atoms with Gasteiger partial charge in [0.05, 0.1) is 11.5 Å². The summed E-state index contributed by atoms with van der Waals surface area (Å²) in [4.78, 5) is 0. The second-order valence-electron chi connectivity index (χ2n) is 4.58. The molecular weight excluding hydrogens is 198 g/mol. The Morgan fingerprint density at radius 3 is 2.57 bits per heavy atom. The Labute approximate surface area is 87.0 Å². The van der Waals surface area contributed by atoms with Gasteiger partial charge in [-0.3, -0.25) is 0 Å². The maximum atomic E-state index is 11.2. The first kappa shape index (κ1) is 12.0. The Kier molecular flexibility index (Phi) is 3.95. The second kappa shape index (κ2) is 4.62. The molecule has 0 saturated carbocycles. The van der Waals surface area contributed by atoms with Gasteiger partial charge in [-0.25, -0.2) is 8.42 Å². The Bertz CT molecular complexity index is 274. The van der Waals surface area contributed by atoms with Gasteiger partial charge in [0.2, 0.25) is 0 Å². The molecule has 0 spiro atoms. The lowest BCUT2D eigenvalue weighted by molar-refractivity contribution is 0.370. The lowest BCUT2D eigenvalue weighted by atomic mass is 9.90. The van der Waals surface area contributed by atoms with Gasteiger partial charge in [-0.2, -0.15) is 0 Å². The van der Waals surface area contributed by atoms with E-state index in [2.05, 4.69) is 13.8 Å². The van der Waals surface area contributed by atoms with Crippen molar-refractivity contribution in [2.75, 3.05) is 11.5 Å². The minimum atomic E-state index is -2.76. The average Bonchev–Trinajstić information content (AvgIpc) is 2.46. The number of sulfone groups is 1. The highest BCUT2D eigenvalue weighted by Crippen LogP contribution is 2.24. The lowest BCUT2D eigenvalue weighted by Gasteiger charge is -2.20. The van der Waals surface area contributed by atoms with E-state index in [1.165, 1.54) is 0 Å². The minimum Gasteiger partial charge on any atom is -0.327 e. The fourth-order valence-corrected chi connectivity index (χ4v) is 3.88. The van der Waals surface area contributed by atoms with Crippen molar-refractivity contribution in [3.8, 4) is 0 Å². The van der Waals surface area contributed by atoms with E-state index in [-0.39, 0.29) is 12.0 Å². The summed E-state index contributed by atoms with van der Waals surface area (Å²) in [7, 11) is -2.76. The van der Waals surface area contributed by atoms with Crippen LogP contribution in [-0.4, -0.2) is 26.0 Å². The molecule has 0 aromatic rings. The molecule has 0 radical (unpaired) electrons. The maximum absolute atomic E-state index is 11.2. The topological polar surface area (TPSA) is 60.2 Å². The molecule has 1 aliphatic rings. The second-order valence-corrected chi connectivity index (χ2v) is 6.80. The summed E-state index contributed by atoms with van der Waals surface area (Å²) in [5.41, 5.74) is 6.01. The summed E-state index contributed by atoms with van der Waals surface area (Å²) in [6, 6.07) is 0.0715. The molecule has 84 valence electrons. The molecule has 1 rings (SSSR count). The van der Waals surface area contributed by atoms with Crippen molar-refractivity contribution >= 4 is 9.84 Å². The molecule has 1 heterocycles. The summed E-state index contributed by atoms with van der Waals surface area (Å²) >= 11 is 0. The molecule has 4 heteroatoms.